The Balaban J connectivity index is 1.66. The van der Waals surface area contributed by atoms with Gasteiger partial charge in [-0.05, 0) is 25.1 Å². The third-order valence-corrected chi connectivity index (χ3v) is 5.70. The van der Waals surface area contributed by atoms with Crippen LogP contribution in [-0.2, 0) is 14.3 Å². The van der Waals surface area contributed by atoms with Gasteiger partial charge in [-0.2, -0.15) is 0 Å². The molecule has 0 aromatic heterocycles. The summed E-state index contributed by atoms with van der Waals surface area (Å²) in [5.41, 5.74) is 1.79. The summed E-state index contributed by atoms with van der Waals surface area (Å²) in [6, 6.07) is 14.6. The number of nitrogens with one attached hydrogen (secondary N) is 1. The number of rotatable bonds is 9. The van der Waals surface area contributed by atoms with Crippen LogP contribution in [0.4, 0.5) is 5.69 Å². The van der Waals surface area contributed by atoms with E-state index < -0.39 is 0 Å². The lowest BCUT2D eigenvalue weighted by Crippen LogP contribution is -2.43. The maximum absolute atomic E-state index is 13.5. The molecule has 4 rings (SSSR count). The Labute approximate surface area is 193 Å². The summed E-state index contributed by atoms with van der Waals surface area (Å²) >= 11 is 0. The zero-order valence-electron chi connectivity index (χ0n) is 19.0. The third-order valence-electron chi connectivity index (χ3n) is 5.70. The van der Waals surface area contributed by atoms with Crippen LogP contribution in [0.15, 0.2) is 54.2 Å². The van der Waals surface area contributed by atoms with Crippen molar-refractivity contribution in [3.05, 3.63) is 59.8 Å². The van der Waals surface area contributed by atoms with Gasteiger partial charge in [0.05, 0.1) is 32.5 Å². The highest BCUT2D eigenvalue weighted by Crippen LogP contribution is 2.35. The Kier molecular flexibility index (Phi) is 7.26. The van der Waals surface area contributed by atoms with Crippen LogP contribution in [-0.4, -0.2) is 74.7 Å². The number of para-hydroxylation sites is 1. The molecule has 1 N–H and O–H groups in total. The van der Waals surface area contributed by atoms with Gasteiger partial charge in [0.15, 0.2) is 0 Å². The number of morpholine rings is 1. The van der Waals surface area contributed by atoms with Gasteiger partial charge >= 0.3 is 0 Å². The van der Waals surface area contributed by atoms with Crippen molar-refractivity contribution in [3.8, 4) is 11.5 Å². The molecule has 2 heterocycles. The second-order valence-corrected chi connectivity index (χ2v) is 7.75. The minimum atomic E-state index is -0.351. The maximum Gasteiger partial charge on any atom is 0.278 e. The zero-order chi connectivity index (χ0) is 23.2. The Morgan fingerprint density at radius 3 is 2.55 bits per heavy atom. The fourth-order valence-corrected chi connectivity index (χ4v) is 4.04. The summed E-state index contributed by atoms with van der Waals surface area (Å²) in [4.78, 5) is 30.5. The number of ether oxygens (including phenoxy) is 3. The number of methoxy groups -OCH3 is 1. The highest BCUT2D eigenvalue weighted by Gasteiger charge is 2.40. The first-order valence-electron chi connectivity index (χ1n) is 11.2. The highest BCUT2D eigenvalue weighted by atomic mass is 16.5. The molecule has 0 aliphatic carbocycles. The van der Waals surface area contributed by atoms with E-state index in [4.69, 9.17) is 14.2 Å². The number of nitrogens with zero attached hydrogens (tertiary/aromatic N) is 2. The fourth-order valence-electron chi connectivity index (χ4n) is 4.04. The number of anilines is 1. The Morgan fingerprint density at radius 1 is 1.00 bits per heavy atom. The molecule has 8 nitrogen and oxygen atoms in total. The lowest BCUT2D eigenvalue weighted by atomic mass is 10.0. The van der Waals surface area contributed by atoms with Crippen LogP contribution in [0.25, 0.3) is 5.57 Å². The standard InChI is InChI=1S/C25H29N3O5/c1-3-33-19-8-6-7-18(17-19)26-23-22(20-9-4-5-10-21(20)31-2)24(29)28(25(23)30)12-11-27-13-15-32-16-14-27/h4-10,17,26H,3,11-16H2,1-2H3. The van der Waals surface area contributed by atoms with Crippen molar-refractivity contribution < 1.29 is 23.8 Å². The molecular formula is C25H29N3O5. The van der Waals surface area contributed by atoms with Crippen molar-refractivity contribution in [2.75, 3.05) is 58.4 Å². The summed E-state index contributed by atoms with van der Waals surface area (Å²) in [7, 11) is 1.55. The van der Waals surface area contributed by atoms with E-state index in [-0.39, 0.29) is 17.5 Å². The normalized spacial score (nSPS) is 17.0. The molecule has 0 spiro atoms. The molecule has 1 fully saturated rings. The molecule has 2 aromatic rings. The Bertz CT molecular complexity index is 1050. The summed E-state index contributed by atoms with van der Waals surface area (Å²) in [6.07, 6.45) is 0. The molecule has 0 radical (unpaired) electrons. The van der Waals surface area contributed by atoms with Gasteiger partial charge in [0.1, 0.15) is 17.2 Å². The third kappa shape index (κ3) is 5.02. The molecule has 33 heavy (non-hydrogen) atoms. The van der Waals surface area contributed by atoms with E-state index in [1.165, 1.54) is 4.90 Å². The zero-order valence-corrected chi connectivity index (χ0v) is 19.0. The number of carbonyl (C=O) groups excluding carboxylic acids is 2. The van der Waals surface area contributed by atoms with Crippen molar-refractivity contribution >= 4 is 23.1 Å². The first kappa shape index (κ1) is 22.8. The molecule has 2 aliphatic heterocycles. The number of amides is 2. The van der Waals surface area contributed by atoms with Crippen LogP contribution in [0.5, 0.6) is 11.5 Å². The summed E-state index contributed by atoms with van der Waals surface area (Å²) < 4.78 is 16.5. The van der Waals surface area contributed by atoms with E-state index in [0.29, 0.717) is 61.2 Å². The predicted octanol–water partition coefficient (Wildman–Crippen LogP) is 2.62. The maximum atomic E-state index is 13.5. The van der Waals surface area contributed by atoms with Gasteiger partial charge in [-0.15, -0.1) is 0 Å². The van der Waals surface area contributed by atoms with Gasteiger partial charge in [-0.3, -0.25) is 19.4 Å². The molecule has 1 saturated heterocycles. The van der Waals surface area contributed by atoms with Crippen LogP contribution < -0.4 is 14.8 Å². The molecule has 8 heteroatoms. The molecular weight excluding hydrogens is 422 g/mol. The van der Waals surface area contributed by atoms with Crippen LogP contribution in [0, 0.1) is 0 Å². The first-order chi connectivity index (χ1) is 16.1. The lowest BCUT2D eigenvalue weighted by Gasteiger charge is -2.28. The minimum Gasteiger partial charge on any atom is -0.496 e. The molecule has 0 unspecified atom stereocenters. The summed E-state index contributed by atoms with van der Waals surface area (Å²) in [5, 5.41) is 3.19. The van der Waals surface area contributed by atoms with Gasteiger partial charge in [0.25, 0.3) is 11.8 Å². The van der Waals surface area contributed by atoms with Crippen molar-refractivity contribution in [3.63, 3.8) is 0 Å². The van der Waals surface area contributed by atoms with E-state index in [1.54, 1.807) is 19.2 Å². The summed E-state index contributed by atoms with van der Waals surface area (Å²) in [6.45, 7) is 6.26. The average Bonchev–Trinajstić information content (AvgIpc) is 3.07. The number of carbonyl (C=O) groups is 2. The number of benzene rings is 2. The second-order valence-electron chi connectivity index (χ2n) is 7.75. The topological polar surface area (TPSA) is 80.3 Å². The van der Waals surface area contributed by atoms with E-state index in [1.807, 2.05) is 43.3 Å². The molecule has 0 bridgehead atoms. The minimum absolute atomic E-state index is 0.236. The quantitative estimate of drug-likeness (QED) is 0.587. The molecule has 174 valence electrons. The Morgan fingerprint density at radius 2 is 1.79 bits per heavy atom. The summed E-state index contributed by atoms with van der Waals surface area (Å²) in [5.74, 6) is 0.533. The predicted molar refractivity (Wildman–Crippen MR) is 125 cm³/mol. The van der Waals surface area contributed by atoms with Gasteiger partial charge in [0.2, 0.25) is 0 Å². The van der Waals surface area contributed by atoms with E-state index >= 15 is 0 Å². The van der Waals surface area contributed by atoms with Gasteiger partial charge in [0, 0.05) is 43.5 Å². The van der Waals surface area contributed by atoms with Crippen LogP contribution in [0.3, 0.4) is 0 Å². The lowest BCUT2D eigenvalue weighted by molar-refractivity contribution is -0.137. The second kappa shape index (κ2) is 10.5. The van der Waals surface area contributed by atoms with Crippen molar-refractivity contribution in [1.82, 2.24) is 9.80 Å². The van der Waals surface area contributed by atoms with Crippen LogP contribution >= 0.6 is 0 Å². The fraction of sp³-hybridized carbons (Fsp3) is 0.360. The smallest absolute Gasteiger partial charge is 0.278 e. The first-order valence-corrected chi connectivity index (χ1v) is 11.2. The molecule has 2 aromatic carbocycles. The van der Waals surface area contributed by atoms with Crippen LogP contribution in [0.2, 0.25) is 0 Å². The SMILES string of the molecule is CCOc1cccc(NC2=C(c3ccccc3OC)C(=O)N(CCN3CCOCC3)C2=O)c1. The van der Waals surface area contributed by atoms with Gasteiger partial charge < -0.3 is 19.5 Å². The van der Waals surface area contributed by atoms with Crippen molar-refractivity contribution in [1.29, 1.82) is 0 Å². The molecule has 0 saturated carbocycles. The monoisotopic (exact) mass is 451 g/mol. The number of hydrogen-bond acceptors (Lipinski definition) is 7. The Hall–Kier alpha value is -3.36. The van der Waals surface area contributed by atoms with E-state index in [2.05, 4.69) is 10.2 Å². The average molecular weight is 452 g/mol. The van der Waals surface area contributed by atoms with Crippen molar-refractivity contribution in [2.45, 2.75) is 6.92 Å². The molecule has 2 aliphatic rings. The van der Waals surface area contributed by atoms with Gasteiger partial charge in [-0.25, -0.2) is 0 Å². The number of imide groups is 1. The largest absolute Gasteiger partial charge is 0.496 e. The number of hydrogen-bond donors (Lipinski definition) is 1. The van der Waals surface area contributed by atoms with Crippen molar-refractivity contribution in [2.24, 2.45) is 0 Å². The molecule has 2 amide bonds. The van der Waals surface area contributed by atoms with E-state index in [0.717, 1.165) is 13.1 Å². The van der Waals surface area contributed by atoms with Gasteiger partial charge in [-0.1, -0.05) is 24.3 Å². The molecule has 0 atom stereocenters. The highest BCUT2D eigenvalue weighted by molar-refractivity contribution is 6.37. The van der Waals surface area contributed by atoms with Crippen LogP contribution in [0.1, 0.15) is 12.5 Å². The van der Waals surface area contributed by atoms with E-state index in [9.17, 15) is 9.59 Å².